The Kier molecular flexibility index (Phi) is 4.92. The van der Waals surface area contributed by atoms with E-state index < -0.39 is 5.95 Å². The molecule has 2 heterocycles. The van der Waals surface area contributed by atoms with Crippen molar-refractivity contribution < 1.29 is 13.9 Å². The van der Waals surface area contributed by atoms with Crippen molar-refractivity contribution >= 4 is 5.91 Å². The van der Waals surface area contributed by atoms with Crippen LogP contribution in [0.1, 0.15) is 43.0 Å². The van der Waals surface area contributed by atoms with Gasteiger partial charge in [0.05, 0.1) is 13.2 Å². The number of amides is 1. The smallest absolute Gasteiger partial charge is 0.251 e. The molecule has 1 aliphatic heterocycles. The molecule has 2 fully saturated rings. The number of carbonyl (C=O) groups is 1. The molecule has 23 heavy (non-hydrogen) atoms. The highest BCUT2D eigenvalue weighted by Crippen LogP contribution is 2.38. The SMILES string of the molecule is C[C@@H](NC(=O)c1ccnc(F)c1)C1(N2CCOCC2)CCCC1. The molecule has 1 N–H and O–H groups in total. The van der Waals surface area contributed by atoms with E-state index in [2.05, 4.69) is 22.1 Å². The number of morpholine rings is 1. The molecule has 0 unspecified atom stereocenters. The van der Waals surface area contributed by atoms with Gasteiger partial charge in [-0.05, 0) is 25.8 Å². The largest absolute Gasteiger partial charge is 0.379 e. The minimum atomic E-state index is -0.630. The molecule has 5 nitrogen and oxygen atoms in total. The number of hydrogen-bond donors (Lipinski definition) is 1. The van der Waals surface area contributed by atoms with Crippen LogP contribution in [0.15, 0.2) is 18.3 Å². The van der Waals surface area contributed by atoms with Gasteiger partial charge in [-0.2, -0.15) is 4.39 Å². The molecular formula is C17H24FN3O2. The monoisotopic (exact) mass is 321 g/mol. The molecule has 0 spiro atoms. The molecule has 0 aromatic carbocycles. The van der Waals surface area contributed by atoms with Crippen LogP contribution >= 0.6 is 0 Å². The molecule has 0 radical (unpaired) electrons. The van der Waals surface area contributed by atoms with Crippen LogP contribution in [0, 0.1) is 5.95 Å². The number of ether oxygens (including phenoxy) is 1. The third kappa shape index (κ3) is 3.38. The average Bonchev–Trinajstić information content (AvgIpc) is 3.06. The van der Waals surface area contributed by atoms with Crippen molar-refractivity contribution in [2.24, 2.45) is 0 Å². The first-order valence-corrected chi connectivity index (χ1v) is 8.37. The van der Waals surface area contributed by atoms with E-state index >= 15 is 0 Å². The van der Waals surface area contributed by atoms with Gasteiger partial charge in [0.25, 0.3) is 5.91 Å². The molecule has 0 bridgehead atoms. The average molecular weight is 321 g/mol. The van der Waals surface area contributed by atoms with E-state index in [-0.39, 0.29) is 17.5 Å². The van der Waals surface area contributed by atoms with Gasteiger partial charge in [0.2, 0.25) is 5.95 Å². The first-order valence-electron chi connectivity index (χ1n) is 8.37. The van der Waals surface area contributed by atoms with Gasteiger partial charge < -0.3 is 10.1 Å². The fourth-order valence-corrected chi connectivity index (χ4v) is 3.98. The number of aromatic nitrogens is 1. The van der Waals surface area contributed by atoms with E-state index in [1.807, 2.05) is 0 Å². The summed E-state index contributed by atoms with van der Waals surface area (Å²) in [6.07, 6.45) is 5.85. The summed E-state index contributed by atoms with van der Waals surface area (Å²) < 4.78 is 18.7. The normalized spacial score (nSPS) is 22.7. The van der Waals surface area contributed by atoms with Gasteiger partial charge in [-0.25, -0.2) is 4.98 Å². The lowest BCUT2D eigenvalue weighted by Crippen LogP contribution is -2.62. The van der Waals surface area contributed by atoms with Crippen LogP contribution in [-0.4, -0.2) is 53.7 Å². The Labute approximate surface area is 136 Å². The lowest BCUT2D eigenvalue weighted by molar-refractivity contribution is -0.0323. The summed E-state index contributed by atoms with van der Waals surface area (Å²) in [6, 6.07) is 2.73. The molecule has 6 heteroatoms. The van der Waals surface area contributed by atoms with E-state index in [0.29, 0.717) is 5.56 Å². The predicted octanol–water partition coefficient (Wildman–Crippen LogP) is 1.98. The quantitative estimate of drug-likeness (QED) is 0.862. The number of nitrogens with zero attached hydrogens (tertiary/aromatic N) is 2. The number of hydrogen-bond acceptors (Lipinski definition) is 4. The number of halogens is 1. The van der Waals surface area contributed by atoms with E-state index in [4.69, 9.17) is 4.74 Å². The maximum absolute atomic E-state index is 13.2. The zero-order chi connectivity index (χ0) is 16.3. The summed E-state index contributed by atoms with van der Waals surface area (Å²) in [5.74, 6) is -0.868. The number of rotatable bonds is 4. The van der Waals surface area contributed by atoms with Crippen molar-refractivity contribution in [3.63, 3.8) is 0 Å². The van der Waals surface area contributed by atoms with E-state index in [1.165, 1.54) is 25.1 Å². The van der Waals surface area contributed by atoms with Crippen LogP contribution in [-0.2, 0) is 4.74 Å². The van der Waals surface area contributed by atoms with Gasteiger partial charge in [-0.3, -0.25) is 9.69 Å². The van der Waals surface area contributed by atoms with Crippen molar-refractivity contribution in [3.05, 3.63) is 29.8 Å². The van der Waals surface area contributed by atoms with E-state index in [1.54, 1.807) is 6.07 Å². The van der Waals surface area contributed by atoms with Gasteiger partial charge >= 0.3 is 0 Å². The summed E-state index contributed by atoms with van der Waals surface area (Å²) in [6.45, 7) is 5.38. The first-order chi connectivity index (χ1) is 11.1. The molecule has 1 aromatic heterocycles. The van der Waals surface area contributed by atoms with Crippen molar-refractivity contribution in [2.45, 2.75) is 44.2 Å². The molecule has 1 saturated carbocycles. The highest BCUT2D eigenvalue weighted by Gasteiger charge is 2.45. The van der Waals surface area contributed by atoms with Crippen LogP contribution < -0.4 is 5.32 Å². The lowest BCUT2D eigenvalue weighted by Gasteiger charge is -2.47. The Balaban J connectivity index is 1.73. The van der Waals surface area contributed by atoms with Crippen LogP contribution in [0.3, 0.4) is 0 Å². The zero-order valence-corrected chi connectivity index (χ0v) is 13.6. The zero-order valence-electron chi connectivity index (χ0n) is 13.6. The van der Waals surface area contributed by atoms with Crippen LogP contribution in [0.4, 0.5) is 4.39 Å². The second kappa shape index (κ2) is 6.93. The second-order valence-corrected chi connectivity index (χ2v) is 6.47. The Morgan fingerprint density at radius 1 is 1.39 bits per heavy atom. The summed E-state index contributed by atoms with van der Waals surface area (Å²) >= 11 is 0. The summed E-state index contributed by atoms with van der Waals surface area (Å²) in [5.41, 5.74) is 0.310. The van der Waals surface area contributed by atoms with Gasteiger partial charge in [0, 0.05) is 42.5 Å². The molecular weight excluding hydrogens is 297 g/mol. The van der Waals surface area contributed by atoms with Crippen LogP contribution in [0.5, 0.6) is 0 Å². The van der Waals surface area contributed by atoms with Gasteiger partial charge in [0.1, 0.15) is 0 Å². The van der Waals surface area contributed by atoms with Crippen molar-refractivity contribution in [1.82, 2.24) is 15.2 Å². The standard InChI is InChI=1S/C17H24FN3O2/c1-13(20-16(22)14-4-7-19-15(18)12-14)17(5-2-3-6-17)21-8-10-23-11-9-21/h4,7,12-13H,2-3,5-6,8-11H2,1H3,(H,20,22)/t13-/m1/s1. The molecule has 1 atom stereocenters. The Hall–Kier alpha value is -1.53. The number of nitrogens with one attached hydrogen (secondary N) is 1. The molecule has 126 valence electrons. The number of pyridine rings is 1. The van der Waals surface area contributed by atoms with E-state index in [9.17, 15) is 9.18 Å². The Morgan fingerprint density at radius 3 is 2.74 bits per heavy atom. The topological polar surface area (TPSA) is 54.5 Å². The minimum absolute atomic E-state index is 0.00632. The van der Waals surface area contributed by atoms with Gasteiger partial charge in [0.15, 0.2) is 0 Å². The van der Waals surface area contributed by atoms with Crippen molar-refractivity contribution in [2.75, 3.05) is 26.3 Å². The summed E-state index contributed by atoms with van der Waals surface area (Å²) in [5, 5.41) is 3.09. The molecule has 1 aliphatic carbocycles. The second-order valence-electron chi connectivity index (χ2n) is 6.47. The Morgan fingerprint density at radius 2 is 2.09 bits per heavy atom. The third-order valence-electron chi connectivity index (χ3n) is 5.25. The van der Waals surface area contributed by atoms with Crippen molar-refractivity contribution in [1.29, 1.82) is 0 Å². The highest BCUT2D eigenvalue weighted by molar-refractivity contribution is 5.94. The lowest BCUT2D eigenvalue weighted by atomic mass is 9.86. The predicted molar refractivity (Wildman–Crippen MR) is 84.7 cm³/mol. The van der Waals surface area contributed by atoms with E-state index in [0.717, 1.165) is 39.1 Å². The Bertz CT molecular complexity index is 555. The maximum atomic E-state index is 13.2. The van der Waals surface area contributed by atoms with Gasteiger partial charge in [-0.15, -0.1) is 0 Å². The fourth-order valence-electron chi connectivity index (χ4n) is 3.98. The third-order valence-corrected chi connectivity index (χ3v) is 5.25. The minimum Gasteiger partial charge on any atom is -0.379 e. The van der Waals surface area contributed by atoms with Gasteiger partial charge in [-0.1, -0.05) is 12.8 Å². The maximum Gasteiger partial charge on any atom is 0.251 e. The molecule has 1 aromatic rings. The highest BCUT2D eigenvalue weighted by atomic mass is 19.1. The summed E-state index contributed by atoms with van der Waals surface area (Å²) in [7, 11) is 0. The van der Waals surface area contributed by atoms with Crippen molar-refractivity contribution in [3.8, 4) is 0 Å². The summed E-state index contributed by atoms with van der Waals surface area (Å²) in [4.78, 5) is 18.4. The molecule has 1 amide bonds. The fraction of sp³-hybridized carbons (Fsp3) is 0.647. The molecule has 3 rings (SSSR count). The van der Waals surface area contributed by atoms with Crippen LogP contribution in [0.2, 0.25) is 0 Å². The first kappa shape index (κ1) is 16.3. The van der Waals surface area contributed by atoms with Crippen LogP contribution in [0.25, 0.3) is 0 Å². The number of carbonyl (C=O) groups excluding carboxylic acids is 1. The molecule has 2 aliphatic rings. The molecule has 1 saturated heterocycles.